The molecule has 1 aromatic rings. The van der Waals surface area contributed by atoms with E-state index < -0.39 is 11.6 Å². The Morgan fingerprint density at radius 2 is 2.05 bits per heavy atom. The van der Waals surface area contributed by atoms with E-state index >= 15 is 0 Å². The van der Waals surface area contributed by atoms with Gasteiger partial charge in [0.05, 0.1) is 10.5 Å². The second-order valence-electron chi connectivity index (χ2n) is 5.46. The second kappa shape index (κ2) is 6.87. The standard InChI is InChI=1S/C15H21NO4S/c1-5-16(9-15(3,4)20)14(19)12-8-10(2)11(21-12)6-7-13(17)18/h6-8,20H,5,9H2,1-4H3,(H,17,18)/b7-6+. The highest BCUT2D eigenvalue weighted by Gasteiger charge is 2.23. The van der Waals surface area contributed by atoms with E-state index in [-0.39, 0.29) is 12.5 Å². The van der Waals surface area contributed by atoms with Crippen LogP contribution in [0.2, 0.25) is 0 Å². The molecule has 2 N–H and O–H groups in total. The quantitative estimate of drug-likeness (QED) is 0.791. The first kappa shape index (κ1) is 17.4. The smallest absolute Gasteiger partial charge is 0.328 e. The van der Waals surface area contributed by atoms with Crippen LogP contribution in [-0.2, 0) is 4.79 Å². The van der Waals surface area contributed by atoms with Crippen LogP contribution >= 0.6 is 11.3 Å². The highest BCUT2D eigenvalue weighted by Crippen LogP contribution is 2.25. The molecule has 21 heavy (non-hydrogen) atoms. The van der Waals surface area contributed by atoms with Crippen LogP contribution in [0.1, 0.15) is 40.9 Å². The maximum absolute atomic E-state index is 12.4. The van der Waals surface area contributed by atoms with Crippen molar-refractivity contribution in [1.29, 1.82) is 0 Å². The van der Waals surface area contributed by atoms with E-state index in [0.29, 0.717) is 11.4 Å². The fourth-order valence-corrected chi connectivity index (χ4v) is 2.91. The number of carbonyl (C=O) groups excluding carboxylic acids is 1. The monoisotopic (exact) mass is 311 g/mol. The Morgan fingerprint density at radius 1 is 1.43 bits per heavy atom. The summed E-state index contributed by atoms with van der Waals surface area (Å²) in [5.41, 5.74) is -0.0931. The molecule has 1 rings (SSSR count). The normalized spacial score (nSPS) is 11.9. The molecule has 116 valence electrons. The lowest BCUT2D eigenvalue weighted by molar-refractivity contribution is -0.131. The summed E-state index contributed by atoms with van der Waals surface area (Å²) in [6.45, 7) is 7.75. The minimum atomic E-state index is -1.02. The van der Waals surface area contributed by atoms with E-state index in [1.165, 1.54) is 17.4 Å². The molecule has 0 atom stereocenters. The third kappa shape index (κ3) is 5.32. The Kier molecular flexibility index (Phi) is 5.69. The van der Waals surface area contributed by atoms with Gasteiger partial charge in [-0.3, -0.25) is 4.79 Å². The number of hydrogen-bond donors (Lipinski definition) is 2. The van der Waals surface area contributed by atoms with Crippen molar-refractivity contribution in [2.75, 3.05) is 13.1 Å². The van der Waals surface area contributed by atoms with Crippen molar-refractivity contribution >= 4 is 29.3 Å². The number of aliphatic hydroxyl groups is 1. The first-order valence-electron chi connectivity index (χ1n) is 6.67. The summed E-state index contributed by atoms with van der Waals surface area (Å²) in [5, 5.41) is 18.5. The number of carboxylic acid groups (broad SMARTS) is 1. The molecule has 0 saturated heterocycles. The summed E-state index contributed by atoms with van der Waals surface area (Å²) in [4.78, 5) is 25.9. The minimum absolute atomic E-state index is 0.150. The van der Waals surface area contributed by atoms with Gasteiger partial charge in [-0.15, -0.1) is 11.3 Å². The van der Waals surface area contributed by atoms with Crippen molar-refractivity contribution in [3.63, 3.8) is 0 Å². The molecule has 5 nitrogen and oxygen atoms in total. The zero-order valence-corrected chi connectivity index (χ0v) is 13.5. The van der Waals surface area contributed by atoms with Crippen molar-refractivity contribution in [2.45, 2.75) is 33.3 Å². The molecule has 0 aliphatic rings. The van der Waals surface area contributed by atoms with Gasteiger partial charge < -0.3 is 15.1 Å². The number of carboxylic acids is 1. The molecule has 1 amide bonds. The largest absolute Gasteiger partial charge is 0.478 e. The minimum Gasteiger partial charge on any atom is -0.478 e. The fraction of sp³-hybridized carbons (Fsp3) is 0.467. The van der Waals surface area contributed by atoms with Crippen LogP contribution in [0.25, 0.3) is 6.08 Å². The van der Waals surface area contributed by atoms with E-state index in [1.807, 2.05) is 13.8 Å². The topological polar surface area (TPSA) is 77.8 Å². The molecular weight excluding hydrogens is 290 g/mol. The number of amides is 1. The molecule has 1 heterocycles. The van der Waals surface area contributed by atoms with Crippen molar-refractivity contribution in [3.8, 4) is 0 Å². The van der Waals surface area contributed by atoms with Gasteiger partial charge in [-0.05, 0) is 45.4 Å². The number of hydrogen-bond acceptors (Lipinski definition) is 4. The summed E-state index contributed by atoms with van der Waals surface area (Å²) >= 11 is 1.26. The number of rotatable bonds is 6. The number of aliphatic carboxylic acids is 1. The number of aryl methyl sites for hydroxylation is 1. The number of thiophene rings is 1. The molecule has 0 saturated carbocycles. The predicted molar refractivity (Wildman–Crippen MR) is 83.6 cm³/mol. The molecule has 0 bridgehead atoms. The Morgan fingerprint density at radius 3 is 2.52 bits per heavy atom. The second-order valence-corrected chi connectivity index (χ2v) is 6.55. The average Bonchev–Trinajstić information content (AvgIpc) is 2.73. The molecule has 0 unspecified atom stereocenters. The van der Waals surface area contributed by atoms with Gasteiger partial charge in [0.1, 0.15) is 0 Å². The van der Waals surface area contributed by atoms with Gasteiger partial charge in [0, 0.05) is 24.0 Å². The summed E-state index contributed by atoms with van der Waals surface area (Å²) < 4.78 is 0. The summed E-state index contributed by atoms with van der Waals surface area (Å²) in [5.74, 6) is -1.17. The van der Waals surface area contributed by atoms with Gasteiger partial charge in [-0.2, -0.15) is 0 Å². The van der Waals surface area contributed by atoms with E-state index in [0.717, 1.165) is 16.5 Å². The fourth-order valence-electron chi connectivity index (χ4n) is 1.86. The zero-order valence-electron chi connectivity index (χ0n) is 12.7. The van der Waals surface area contributed by atoms with Crippen LogP contribution < -0.4 is 0 Å². The lowest BCUT2D eigenvalue weighted by Crippen LogP contribution is -2.41. The third-order valence-electron chi connectivity index (χ3n) is 2.79. The van der Waals surface area contributed by atoms with Gasteiger partial charge in [-0.25, -0.2) is 4.79 Å². The van der Waals surface area contributed by atoms with E-state index in [4.69, 9.17) is 5.11 Å². The number of nitrogens with zero attached hydrogens (tertiary/aromatic N) is 1. The van der Waals surface area contributed by atoms with E-state index in [9.17, 15) is 14.7 Å². The Labute approximate surface area is 128 Å². The summed E-state index contributed by atoms with van der Waals surface area (Å²) in [7, 11) is 0. The van der Waals surface area contributed by atoms with Crippen molar-refractivity contribution in [1.82, 2.24) is 4.90 Å². The first-order chi connectivity index (χ1) is 9.64. The molecule has 0 aliphatic heterocycles. The van der Waals surface area contributed by atoms with Gasteiger partial charge in [0.15, 0.2) is 0 Å². The summed E-state index contributed by atoms with van der Waals surface area (Å²) in [6.07, 6.45) is 2.55. The average molecular weight is 311 g/mol. The highest BCUT2D eigenvalue weighted by molar-refractivity contribution is 7.15. The number of likely N-dealkylation sites (N-methyl/N-ethyl adjacent to an activating group) is 1. The maximum Gasteiger partial charge on any atom is 0.328 e. The van der Waals surface area contributed by atoms with Gasteiger partial charge in [0.2, 0.25) is 0 Å². The van der Waals surface area contributed by atoms with Crippen molar-refractivity contribution in [3.05, 3.63) is 27.5 Å². The van der Waals surface area contributed by atoms with Crippen LogP contribution in [0.15, 0.2) is 12.1 Å². The SMILES string of the molecule is CCN(CC(C)(C)O)C(=O)c1cc(C)c(/C=C/C(=O)O)s1. The van der Waals surface area contributed by atoms with Crippen molar-refractivity contribution in [2.24, 2.45) is 0 Å². The Bertz CT molecular complexity index is 555. The molecule has 0 spiro atoms. The van der Waals surface area contributed by atoms with Crippen molar-refractivity contribution < 1.29 is 19.8 Å². The highest BCUT2D eigenvalue weighted by atomic mass is 32.1. The van der Waals surface area contributed by atoms with Crippen LogP contribution in [0.3, 0.4) is 0 Å². The Balaban J connectivity index is 2.97. The van der Waals surface area contributed by atoms with Gasteiger partial charge >= 0.3 is 5.97 Å². The van der Waals surface area contributed by atoms with Gasteiger partial charge in [-0.1, -0.05) is 0 Å². The lowest BCUT2D eigenvalue weighted by atomic mass is 10.1. The molecule has 1 aromatic heterocycles. The molecule has 6 heteroatoms. The maximum atomic E-state index is 12.4. The van der Waals surface area contributed by atoms with Crippen LogP contribution in [-0.4, -0.2) is 45.7 Å². The van der Waals surface area contributed by atoms with E-state index in [1.54, 1.807) is 24.8 Å². The number of carbonyl (C=O) groups is 2. The van der Waals surface area contributed by atoms with Crippen LogP contribution in [0.5, 0.6) is 0 Å². The lowest BCUT2D eigenvalue weighted by Gasteiger charge is -2.27. The Hall–Kier alpha value is -1.66. The first-order valence-corrected chi connectivity index (χ1v) is 7.48. The molecule has 0 radical (unpaired) electrons. The van der Waals surface area contributed by atoms with Gasteiger partial charge in [0.25, 0.3) is 5.91 Å². The molecule has 0 aliphatic carbocycles. The van der Waals surface area contributed by atoms with Crippen LogP contribution in [0.4, 0.5) is 0 Å². The predicted octanol–water partition coefficient (Wildman–Crippen LogP) is 2.39. The summed E-state index contributed by atoms with van der Waals surface area (Å²) in [6, 6.07) is 1.75. The molecule has 0 fully saturated rings. The molecule has 0 aromatic carbocycles. The van der Waals surface area contributed by atoms with Crippen LogP contribution in [0, 0.1) is 6.92 Å². The zero-order chi connectivity index (χ0) is 16.2. The van der Waals surface area contributed by atoms with E-state index in [2.05, 4.69) is 0 Å². The third-order valence-corrected chi connectivity index (χ3v) is 3.98. The molecular formula is C15H21NO4S.